The van der Waals surface area contributed by atoms with Crippen LogP contribution in [0.15, 0.2) is 0 Å². The van der Waals surface area contributed by atoms with Gasteiger partial charge in [-0.2, -0.15) is 0 Å². The van der Waals surface area contributed by atoms with Gasteiger partial charge in [-0.3, -0.25) is 0 Å². The zero-order valence-electron chi connectivity index (χ0n) is 6.48. The molecule has 66 valence electrons. The van der Waals surface area contributed by atoms with E-state index in [0.29, 0.717) is 13.2 Å². The first-order valence-electron chi connectivity index (χ1n) is 3.73. The number of rotatable bonds is 3. The maximum Gasteiger partial charge on any atom is 0.190 e. The molecule has 1 atom stereocenters. The second kappa shape index (κ2) is 4.21. The van der Waals surface area contributed by atoms with Crippen LogP contribution < -0.4 is 0 Å². The Bertz CT molecular complexity index is 124. The van der Waals surface area contributed by atoms with Crippen molar-refractivity contribution < 1.29 is 9.47 Å². The van der Waals surface area contributed by atoms with E-state index < -0.39 is 5.79 Å². The van der Waals surface area contributed by atoms with Gasteiger partial charge in [0.1, 0.15) is 0 Å². The third-order valence-electron chi connectivity index (χ3n) is 1.80. The quantitative estimate of drug-likeness (QED) is 0.742. The van der Waals surface area contributed by atoms with E-state index in [2.05, 4.69) is 38.8 Å². The second-order valence-corrected chi connectivity index (χ2v) is 4.18. The van der Waals surface area contributed by atoms with Gasteiger partial charge in [-0.1, -0.05) is 38.8 Å². The number of halogens is 2. The van der Waals surface area contributed by atoms with Crippen molar-refractivity contribution in [2.45, 2.75) is 24.0 Å². The molecule has 1 heterocycles. The highest BCUT2D eigenvalue weighted by molar-refractivity contribution is 9.10. The van der Waals surface area contributed by atoms with Crippen LogP contribution in [0, 0.1) is 0 Å². The minimum Gasteiger partial charge on any atom is -0.346 e. The lowest BCUT2D eigenvalue weighted by Gasteiger charge is -2.29. The molecule has 1 rings (SSSR count). The molecule has 1 saturated heterocycles. The lowest BCUT2D eigenvalue weighted by atomic mass is 10.2. The molecule has 1 unspecified atom stereocenters. The van der Waals surface area contributed by atoms with Crippen LogP contribution in [0.3, 0.4) is 0 Å². The Balaban J connectivity index is 2.58. The van der Waals surface area contributed by atoms with Crippen LogP contribution in [0.25, 0.3) is 0 Å². The van der Waals surface area contributed by atoms with E-state index in [9.17, 15) is 0 Å². The van der Waals surface area contributed by atoms with Gasteiger partial charge < -0.3 is 9.47 Å². The molecule has 0 aliphatic carbocycles. The summed E-state index contributed by atoms with van der Waals surface area (Å²) in [7, 11) is 0. The Hall–Kier alpha value is 0.880. The highest BCUT2D eigenvalue weighted by atomic mass is 79.9. The van der Waals surface area contributed by atoms with Crippen molar-refractivity contribution in [1.82, 2.24) is 0 Å². The fourth-order valence-electron chi connectivity index (χ4n) is 1.12. The van der Waals surface area contributed by atoms with Crippen molar-refractivity contribution in [2.75, 3.05) is 18.5 Å². The largest absolute Gasteiger partial charge is 0.346 e. The molecular formula is C7H12Br2O2. The molecule has 0 saturated carbocycles. The van der Waals surface area contributed by atoms with Gasteiger partial charge in [0, 0.05) is 0 Å². The molecule has 0 spiro atoms. The van der Waals surface area contributed by atoms with Gasteiger partial charge in [0.05, 0.1) is 23.4 Å². The summed E-state index contributed by atoms with van der Waals surface area (Å²) in [6.45, 7) is 3.51. The van der Waals surface area contributed by atoms with Gasteiger partial charge in [-0.05, 0) is 6.42 Å². The number of hydrogen-bond donors (Lipinski definition) is 0. The highest BCUT2D eigenvalue weighted by Gasteiger charge is 2.41. The van der Waals surface area contributed by atoms with Gasteiger partial charge in [-0.15, -0.1) is 0 Å². The van der Waals surface area contributed by atoms with Crippen LogP contribution in [0.1, 0.15) is 13.3 Å². The summed E-state index contributed by atoms with van der Waals surface area (Å²) in [5.74, 6) is -0.422. The van der Waals surface area contributed by atoms with E-state index in [1.165, 1.54) is 0 Å². The zero-order valence-corrected chi connectivity index (χ0v) is 9.65. The monoisotopic (exact) mass is 286 g/mol. The van der Waals surface area contributed by atoms with Crippen LogP contribution in [0.4, 0.5) is 0 Å². The Kier molecular flexibility index (Phi) is 3.81. The van der Waals surface area contributed by atoms with Gasteiger partial charge in [0.2, 0.25) is 0 Å². The predicted molar refractivity (Wildman–Crippen MR) is 51.4 cm³/mol. The third kappa shape index (κ3) is 1.97. The number of ether oxygens (including phenoxy) is 2. The van der Waals surface area contributed by atoms with E-state index in [1.54, 1.807) is 0 Å². The van der Waals surface area contributed by atoms with Crippen LogP contribution in [0.2, 0.25) is 0 Å². The van der Waals surface area contributed by atoms with Crippen molar-refractivity contribution in [3.8, 4) is 0 Å². The van der Waals surface area contributed by atoms with Crippen molar-refractivity contribution in [1.29, 1.82) is 0 Å². The first-order valence-corrected chi connectivity index (χ1v) is 5.77. The molecule has 0 aromatic carbocycles. The maximum atomic E-state index is 5.53. The number of alkyl halides is 2. The predicted octanol–water partition coefficient (Wildman–Crippen LogP) is 2.30. The second-order valence-electron chi connectivity index (χ2n) is 2.52. The Morgan fingerprint density at radius 3 is 2.36 bits per heavy atom. The van der Waals surface area contributed by atoms with Crippen LogP contribution in [0.5, 0.6) is 0 Å². The van der Waals surface area contributed by atoms with Crippen molar-refractivity contribution >= 4 is 31.9 Å². The van der Waals surface area contributed by atoms with Gasteiger partial charge >= 0.3 is 0 Å². The van der Waals surface area contributed by atoms with Crippen LogP contribution in [-0.4, -0.2) is 29.2 Å². The Labute approximate surface area is 83.9 Å². The summed E-state index contributed by atoms with van der Waals surface area (Å²) in [6, 6.07) is 0. The van der Waals surface area contributed by atoms with Gasteiger partial charge in [0.25, 0.3) is 0 Å². The molecule has 0 aromatic heterocycles. The van der Waals surface area contributed by atoms with Gasteiger partial charge in [0.15, 0.2) is 5.79 Å². The zero-order chi connectivity index (χ0) is 8.32. The van der Waals surface area contributed by atoms with E-state index in [4.69, 9.17) is 9.47 Å². The van der Waals surface area contributed by atoms with E-state index in [0.717, 1.165) is 11.8 Å². The average Bonchev–Trinajstić information content (AvgIpc) is 2.52. The lowest BCUT2D eigenvalue weighted by Crippen LogP contribution is -2.41. The first-order chi connectivity index (χ1) is 5.25. The molecule has 4 heteroatoms. The molecular weight excluding hydrogens is 276 g/mol. The minimum absolute atomic E-state index is 0.275. The smallest absolute Gasteiger partial charge is 0.190 e. The van der Waals surface area contributed by atoms with Crippen LogP contribution in [-0.2, 0) is 9.47 Å². The molecule has 11 heavy (non-hydrogen) atoms. The van der Waals surface area contributed by atoms with E-state index in [1.807, 2.05) is 0 Å². The van der Waals surface area contributed by atoms with Crippen molar-refractivity contribution in [3.05, 3.63) is 0 Å². The van der Waals surface area contributed by atoms with E-state index >= 15 is 0 Å². The summed E-state index contributed by atoms with van der Waals surface area (Å²) in [5, 5.41) is 0.726. The maximum absolute atomic E-state index is 5.53. The minimum atomic E-state index is -0.422. The van der Waals surface area contributed by atoms with Crippen molar-refractivity contribution in [3.63, 3.8) is 0 Å². The summed E-state index contributed by atoms with van der Waals surface area (Å²) >= 11 is 6.94. The molecule has 0 N–H and O–H groups in total. The lowest BCUT2D eigenvalue weighted by molar-refractivity contribution is -0.135. The summed E-state index contributed by atoms with van der Waals surface area (Å²) in [5.41, 5.74) is 0. The summed E-state index contributed by atoms with van der Waals surface area (Å²) in [4.78, 5) is 0.275. The topological polar surface area (TPSA) is 18.5 Å². The van der Waals surface area contributed by atoms with Gasteiger partial charge in [-0.25, -0.2) is 0 Å². The summed E-state index contributed by atoms with van der Waals surface area (Å²) in [6.07, 6.45) is 1.01. The highest BCUT2D eigenvalue weighted by Crippen LogP contribution is 2.32. The average molecular weight is 288 g/mol. The SMILES string of the molecule is CCC(Br)C1(CBr)OCCO1. The standard InChI is InChI=1S/C7H12Br2O2/c1-2-6(9)7(5-8)10-3-4-11-7/h6H,2-5H2,1H3. The molecule has 1 aliphatic rings. The first kappa shape index (κ1) is 9.96. The number of hydrogen-bond acceptors (Lipinski definition) is 2. The van der Waals surface area contributed by atoms with Crippen molar-refractivity contribution in [2.24, 2.45) is 0 Å². The molecule has 2 nitrogen and oxygen atoms in total. The molecule has 1 aliphatic heterocycles. The molecule has 1 fully saturated rings. The van der Waals surface area contributed by atoms with Crippen LogP contribution >= 0.6 is 31.9 Å². The molecule has 0 amide bonds. The Morgan fingerprint density at radius 2 is 2.00 bits per heavy atom. The molecule has 0 radical (unpaired) electrons. The Morgan fingerprint density at radius 1 is 1.45 bits per heavy atom. The third-order valence-corrected chi connectivity index (χ3v) is 3.92. The normalized spacial score (nSPS) is 25.4. The van der Waals surface area contributed by atoms with E-state index in [-0.39, 0.29) is 4.83 Å². The fraction of sp³-hybridized carbons (Fsp3) is 1.00. The molecule has 0 bridgehead atoms. The molecule has 0 aromatic rings. The fourth-order valence-corrected chi connectivity index (χ4v) is 2.70. The summed E-state index contributed by atoms with van der Waals surface area (Å²) < 4.78 is 11.1.